The zero-order chi connectivity index (χ0) is 11.1. The minimum absolute atomic E-state index is 0. The molecule has 92 valence electrons. The monoisotopic (exact) mass is 247 g/mol. The third-order valence-corrected chi connectivity index (χ3v) is 2.29. The summed E-state index contributed by atoms with van der Waals surface area (Å²) in [6, 6.07) is 6.56. The molecule has 1 atom stereocenters. The minimum atomic E-state index is -0.260. The maximum atomic E-state index is 12.8. The van der Waals surface area contributed by atoms with E-state index in [2.05, 4.69) is 12.2 Å². The Labute approximate surface area is 103 Å². The summed E-state index contributed by atoms with van der Waals surface area (Å²) in [5.74, 6) is 0.329. The first-order chi connectivity index (χ1) is 7.26. The second-order valence-corrected chi connectivity index (χ2v) is 3.54. The van der Waals surface area contributed by atoms with Gasteiger partial charge in [0.05, 0.1) is 0 Å². The summed E-state index contributed by atoms with van der Waals surface area (Å²) >= 11 is 0. The molecular formula is C12H19ClFNO. The molecule has 1 aromatic carbocycles. The molecule has 0 saturated carbocycles. The Morgan fingerprint density at radius 3 is 2.75 bits per heavy atom. The zero-order valence-corrected chi connectivity index (χ0v) is 10.5. The van der Waals surface area contributed by atoms with Crippen LogP contribution in [0.5, 0.6) is 5.75 Å². The van der Waals surface area contributed by atoms with Gasteiger partial charge in [-0.25, -0.2) is 4.39 Å². The van der Waals surface area contributed by atoms with Gasteiger partial charge in [0.2, 0.25) is 0 Å². The van der Waals surface area contributed by atoms with Gasteiger partial charge in [0.1, 0.15) is 18.2 Å². The van der Waals surface area contributed by atoms with Crippen molar-refractivity contribution >= 4 is 12.4 Å². The third-order valence-electron chi connectivity index (χ3n) is 2.29. The van der Waals surface area contributed by atoms with E-state index in [4.69, 9.17) is 4.74 Å². The van der Waals surface area contributed by atoms with Crippen molar-refractivity contribution in [3.63, 3.8) is 0 Å². The zero-order valence-electron chi connectivity index (χ0n) is 9.70. The molecule has 0 saturated heterocycles. The van der Waals surface area contributed by atoms with Crippen LogP contribution in [-0.2, 0) is 0 Å². The van der Waals surface area contributed by atoms with Gasteiger partial charge in [-0.05, 0) is 25.6 Å². The average Bonchev–Trinajstić information content (AvgIpc) is 2.24. The van der Waals surface area contributed by atoms with E-state index in [1.165, 1.54) is 12.1 Å². The first kappa shape index (κ1) is 15.2. The lowest BCUT2D eigenvalue weighted by molar-refractivity contribution is 0.262. The first-order valence-electron chi connectivity index (χ1n) is 5.32. The molecule has 0 fully saturated rings. The molecule has 0 radical (unpaired) electrons. The highest BCUT2D eigenvalue weighted by Gasteiger charge is 2.05. The molecule has 2 nitrogen and oxygen atoms in total. The molecule has 0 aliphatic carbocycles. The number of hydrogen-bond donors (Lipinski definition) is 1. The van der Waals surface area contributed by atoms with Gasteiger partial charge in [-0.15, -0.1) is 12.4 Å². The summed E-state index contributed by atoms with van der Waals surface area (Å²) in [5, 5.41) is 3.17. The van der Waals surface area contributed by atoms with Crippen molar-refractivity contribution in [2.45, 2.75) is 25.8 Å². The minimum Gasteiger partial charge on any atom is -0.492 e. The summed E-state index contributed by atoms with van der Waals surface area (Å²) in [7, 11) is 1.91. The highest BCUT2D eigenvalue weighted by molar-refractivity contribution is 5.85. The Bertz CT molecular complexity index is 296. The van der Waals surface area contributed by atoms with E-state index >= 15 is 0 Å². The van der Waals surface area contributed by atoms with Gasteiger partial charge in [0.15, 0.2) is 0 Å². The van der Waals surface area contributed by atoms with E-state index in [9.17, 15) is 4.39 Å². The van der Waals surface area contributed by atoms with Crippen LogP contribution >= 0.6 is 12.4 Å². The SMILES string of the molecule is CCC[C@@H](COc1cccc(F)c1)NC.Cl. The van der Waals surface area contributed by atoms with E-state index < -0.39 is 0 Å². The Kier molecular flexibility index (Phi) is 7.95. The van der Waals surface area contributed by atoms with Crippen LogP contribution < -0.4 is 10.1 Å². The largest absolute Gasteiger partial charge is 0.492 e. The summed E-state index contributed by atoms with van der Waals surface area (Å²) < 4.78 is 18.3. The van der Waals surface area contributed by atoms with E-state index in [0.717, 1.165) is 12.8 Å². The molecule has 0 amide bonds. The summed E-state index contributed by atoms with van der Waals surface area (Å²) in [6.45, 7) is 2.71. The van der Waals surface area contributed by atoms with Crippen LogP contribution in [0.3, 0.4) is 0 Å². The molecule has 0 aliphatic rings. The number of rotatable bonds is 6. The number of hydrogen-bond acceptors (Lipinski definition) is 2. The number of likely N-dealkylation sites (N-methyl/N-ethyl adjacent to an activating group) is 1. The quantitative estimate of drug-likeness (QED) is 0.835. The fourth-order valence-electron chi connectivity index (χ4n) is 1.41. The highest BCUT2D eigenvalue weighted by atomic mass is 35.5. The topological polar surface area (TPSA) is 21.3 Å². The van der Waals surface area contributed by atoms with E-state index in [-0.39, 0.29) is 18.2 Å². The number of benzene rings is 1. The molecule has 1 aromatic rings. The lowest BCUT2D eigenvalue weighted by Crippen LogP contribution is -2.31. The van der Waals surface area contributed by atoms with Crippen LogP contribution in [0.4, 0.5) is 4.39 Å². The molecular weight excluding hydrogens is 229 g/mol. The smallest absolute Gasteiger partial charge is 0.126 e. The van der Waals surface area contributed by atoms with Crippen LogP contribution in [0.25, 0.3) is 0 Å². The van der Waals surface area contributed by atoms with Crippen molar-refractivity contribution in [3.05, 3.63) is 30.1 Å². The highest BCUT2D eigenvalue weighted by Crippen LogP contribution is 2.12. The van der Waals surface area contributed by atoms with Crippen LogP contribution in [0, 0.1) is 5.82 Å². The van der Waals surface area contributed by atoms with Gasteiger partial charge in [0.25, 0.3) is 0 Å². The number of ether oxygens (including phenoxy) is 1. The Hall–Kier alpha value is -0.800. The second-order valence-electron chi connectivity index (χ2n) is 3.54. The Balaban J connectivity index is 0.00000225. The fraction of sp³-hybridized carbons (Fsp3) is 0.500. The third kappa shape index (κ3) is 5.33. The molecule has 16 heavy (non-hydrogen) atoms. The van der Waals surface area contributed by atoms with E-state index in [1.807, 2.05) is 7.05 Å². The van der Waals surface area contributed by atoms with Crippen molar-refractivity contribution in [2.75, 3.05) is 13.7 Å². The predicted octanol–water partition coefficient (Wildman–Crippen LogP) is 3.01. The standard InChI is InChI=1S/C12H18FNO.ClH/c1-3-5-11(14-2)9-15-12-7-4-6-10(13)8-12;/h4,6-8,11,14H,3,5,9H2,1-2H3;1H/t11-;/m0./s1. The summed E-state index contributed by atoms with van der Waals surface area (Å²) in [6.07, 6.45) is 2.17. The molecule has 1 N–H and O–H groups in total. The molecule has 0 aromatic heterocycles. The molecule has 0 spiro atoms. The predicted molar refractivity (Wildman–Crippen MR) is 66.9 cm³/mol. The average molecular weight is 248 g/mol. The second kappa shape index (κ2) is 8.36. The van der Waals surface area contributed by atoms with Gasteiger partial charge in [-0.3, -0.25) is 0 Å². The van der Waals surface area contributed by atoms with E-state index in [1.54, 1.807) is 12.1 Å². The van der Waals surface area contributed by atoms with Gasteiger partial charge >= 0.3 is 0 Å². The molecule has 0 aliphatic heterocycles. The lowest BCUT2D eigenvalue weighted by Gasteiger charge is -2.16. The molecule has 1 rings (SSSR count). The molecule has 0 unspecified atom stereocenters. The molecule has 0 heterocycles. The number of halogens is 2. The van der Waals surface area contributed by atoms with Gasteiger partial charge in [0, 0.05) is 12.1 Å². The van der Waals surface area contributed by atoms with Crippen LogP contribution in [0.15, 0.2) is 24.3 Å². The Morgan fingerprint density at radius 2 is 2.19 bits per heavy atom. The maximum Gasteiger partial charge on any atom is 0.126 e. The van der Waals surface area contributed by atoms with Crippen molar-refractivity contribution in [3.8, 4) is 5.75 Å². The van der Waals surface area contributed by atoms with Crippen molar-refractivity contribution in [1.29, 1.82) is 0 Å². The summed E-state index contributed by atoms with van der Waals surface area (Å²) in [5.41, 5.74) is 0. The van der Waals surface area contributed by atoms with Crippen molar-refractivity contribution < 1.29 is 9.13 Å². The molecule has 4 heteroatoms. The van der Waals surface area contributed by atoms with Crippen LogP contribution in [-0.4, -0.2) is 19.7 Å². The van der Waals surface area contributed by atoms with Crippen LogP contribution in [0.1, 0.15) is 19.8 Å². The molecule has 0 bridgehead atoms. The van der Waals surface area contributed by atoms with Crippen LogP contribution in [0.2, 0.25) is 0 Å². The van der Waals surface area contributed by atoms with Gasteiger partial charge < -0.3 is 10.1 Å². The van der Waals surface area contributed by atoms with Crippen molar-refractivity contribution in [2.24, 2.45) is 0 Å². The first-order valence-corrected chi connectivity index (χ1v) is 5.32. The fourth-order valence-corrected chi connectivity index (χ4v) is 1.41. The lowest BCUT2D eigenvalue weighted by atomic mass is 10.2. The van der Waals surface area contributed by atoms with Crippen molar-refractivity contribution in [1.82, 2.24) is 5.32 Å². The van der Waals surface area contributed by atoms with Gasteiger partial charge in [-0.1, -0.05) is 19.4 Å². The maximum absolute atomic E-state index is 12.8. The van der Waals surface area contributed by atoms with Gasteiger partial charge in [-0.2, -0.15) is 0 Å². The van der Waals surface area contributed by atoms with E-state index in [0.29, 0.717) is 18.4 Å². The number of nitrogens with one attached hydrogen (secondary N) is 1. The summed E-state index contributed by atoms with van der Waals surface area (Å²) in [4.78, 5) is 0. The normalized spacial score (nSPS) is 11.7. The Morgan fingerprint density at radius 1 is 1.44 bits per heavy atom.